The zero-order chi connectivity index (χ0) is 13.5. The minimum atomic E-state index is 0.291. The SMILES string of the molecule is CCC(C)N(CCOC)c1nccc(C#N)c1Cl. The maximum Gasteiger partial charge on any atom is 0.149 e. The van der Waals surface area contributed by atoms with Gasteiger partial charge in [0.1, 0.15) is 16.9 Å². The highest BCUT2D eigenvalue weighted by molar-refractivity contribution is 6.34. The van der Waals surface area contributed by atoms with Crippen LogP contribution in [0, 0.1) is 11.3 Å². The molecular formula is C13H18ClN3O. The van der Waals surface area contributed by atoms with Crippen LogP contribution < -0.4 is 4.90 Å². The zero-order valence-electron chi connectivity index (χ0n) is 11.0. The van der Waals surface area contributed by atoms with Crippen LogP contribution in [-0.2, 0) is 4.74 Å². The maximum absolute atomic E-state index is 8.99. The van der Waals surface area contributed by atoms with Gasteiger partial charge >= 0.3 is 0 Å². The van der Waals surface area contributed by atoms with Gasteiger partial charge in [0, 0.05) is 25.9 Å². The van der Waals surface area contributed by atoms with Crippen molar-refractivity contribution in [3.8, 4) is 6.07 Å². The Balaban J connectivity index is 3.09. The van der Waals surface area contributed by atoms with Crippen LogP contribution in [0.4, 0.5) is 5.82 Å². The Hall–Kier alpha value is -1.31. The number of pyridine rings is 1. The number of aromatic nitrogens is 1. The molecule has 4 nitrogen and oxygen atoms in total. The molecule has 0 aromatic carbocycles. The first-order valence-electron chi connectivity index (χ1n) is 5.95. The lowest BCUT2D eigenvalue weighted by Gasteiger charge is -2.30. The van der Waals surface area contributed by atoms with Gasteiger partial charge in [-0.05, 0) is 19.4 Å². The fourth-order valence-corrected chi connectivity index (χ4v) is 1.93. The van der Waals surface area contributed by atoms with Gasteiger partial charge in [0.05, 0.1) is 12.2 Å². The normalized spacial score (nSPS) is 11.9. The lowest BCUT2D eigenvalue weighted by Crippen LogP contribution is -2.36. The number of rotatable bonds is 6. The van der Waals surface area contributed by atoms with Crippen LogP contribution >= 0.6 is 11.6 Å². The molecule has 0 saturated carbocycles. The van der Waals surface area contributed by atoms with Crippen molar-refractivity contribution >= 4 is 17.4 Å². The molecule has 0 aliphatic heterocycles. The molecule has 0 fully saturated rings. The van der Waals surface area contributed by atoms with E-state index in [0.29, 0.717) is 35.6 Å². The van der Waals surface area contributed by atoms with E-state index in [4.69, 9.17) is 21.6 Å². The van der Waals surface area contributed by atoms with Crippen LogP contribution in [0.2, 0.25) is 5.02 Å². The summed E-state index contributed by atoms with van der Waals surface area (Å²) in [4.78, 5) is 6.37. The van der Waals surface area contributed by atoms with Gasteiger partial charge in [-0.3, -0.25) is 0 Å². The Kier molecular flexibility index (Phi) is 5.90. The minimum Gasteiger partial charge on any atom is -0.383 e. The molecule has 1 aromatic heterocycles. The van der Waals surface area contributed by atoms with E-state index in [1.54, 1.807) is 19.4 Å². The number of halogens is 1. The Morgan fingerprint density at radius 1 is 1.61 bits per heavy atom. The first-order valence-corrected chi connectivity index (χ1v) is 6.33. The summed E-state index contributed by atoms with van der Waals surface area (Å²) in [6, 6.07) is 3.99. The van der Waals surface area contributed by atoms with Crippen LogP contribution in [0.5, 0.6) is 0 Å². The van der Waals surface area contributed by atoms with Crippen molar-refractivity contribution < 1.29 is 4.74 Å². The van der Waals surface area contributed by atoms with E-state index in [1.165, 1.54) is 0 Å². The molecule has 0 aliphatic carbocycles. The average molecular weight is 268 g/mol. The van der Waals surface area contributed by atoms with E-state index in [1.807, 2.05) is 0 Å². The number of methoxy groups -OCH3 is 1. The van der Waals surface area contributed by atoms with Gasteiger partial charge in [0.2, 0.25) is 0 Å². The molecule has 0 radical (unpaired) electrons. The van der Waals surface area contributed by atoms with Crippen molar-refractivity contribution in [3.63, 3.8) is 0 Å². The van der Waals surface area contributed by atoms with Gasteiger partial charge in [-0.15, -0.1) is 0 Å². The van der Waals surface area contributed by atoms with Crippen LogP contribution in [0.3, 0.4) is 0 Å². The molecule has 1 unspecified atom stereocenters. The largest absolute Gasteiger partial charge is 0.383 e. The highest BCUT2D eigenvalue weighted by atomic mass is 35.5. The second kappa shape index (κ2) is 7.20. The fraction of sp³-hybridized carbons (Fsp3) is 0.538. The van der Waals surface area contributed by atoms with Crippen molar-refractivity contribution in [1.82, 2.24) is 4.98 Å². The minimum absolute atomic E-state index is 0.291. The molecule has 5 heteroatoms. The van der Waals surface area contributed by atoms with Crippen LogP contribution in [0.25, 0.3) is 0 Å². The Labute approximate surface area is 113 Å². The van der Waals surface area contributed by atoms with E-state index in [0.717, 1.165) is 6.42 Å². The van der Waals surface area contributed by atoms with Crippen molar-refractivity contribution in [3.05, 3.63) is 22.8 Å². The lowest BCUT2D eigenvalue weighted by molar-refractivity contribution is 0.203. The van der Waals surface area contributed by atoms with E-state index in [2.05, 4.69) is 29.8 Å². The first kappa shape index (κ1) is 14.7. The highest BCUT2D eigenvalue weighted by Gasteiger charge is 2.18. The van der Waals surface area contributed by atoms with Crippen molar-refractivity contribution in [2.45, 2.75) is 26.3 Å². The summed E-state index contributed by atoms with van der Waals surface area (Å²) in [5, 5.41) is 9.40. The van der Waals surface area contributed by atoms with Crippen LogP contribution in [0.1, 0.15) is 25.8 Å². The molecule has 1 atom stereocenters. The molecule has 0 bridgehead atoms. The molecule has 98 valence electrons. The molecule has 1 heterocycles. The van der Waals surface area contributed by atoms with E-state index in [9.17, 15) is 0 Å². The molecule has 1 rings (SSSR count). The van der Waals surface area contributed by atoms with E-state index >= 15 is 0 Å². The Bertz CT molecular complexity index is 431. The highest BCUT2D eigenvalue weighted by Crippen LogP contribution is 2.28. The third-order valence-electron chi connectivity index (χ3n) is 2.92. The number of anilines is 1. The summed E-state index contributed by atoms with van der Waals surface area (Å²) >= 11 is 6.22. The molecule has 18 heavy (non-hydrogen) atoms. The summed E-state index contributed by atoms with van der Waals surface area (Å²) < 4.78 is 5.11. The molecule has 1 aromatic rings. The van der Waals surface area contributed by atoms with Gasteiger partial charge in [-0.25, -0.2) is 4.98 Å². The van der Waals surface area contributed by atoms with E-state index in [-0.39, 0.29) is 0 Å². The molecular weight excluding hydrogens is 250 g/mol. The Morgan fingerprint density at radius 3 is 2.89 bits per heavy atom. The van der Waals surface area contributed by atoms with Gasteiger partial charge in [-0.1, -0.05) is 18.5 Å². The van der Waals surface area contributed by atoms with Crippen LogP contribution in [-0.4, -0.2) is 31.3 Å². The summed E-state index contributed by atoms with van der Waals surface area (Å²) in [6.07, 6.45) is 2.58. The smallest absolute Gasteiger partial charge is 0.149 e. The zero-order valence-corrected chi connectivity index (χ0v) is 11.7. The molecule has 0 saturated heterocycles. The molecule has 0 N–H and O–H groups in total. The predicted octanol–water partition coefficient (Wildman–Crippen LogP) is 2.86. The Morgan fingerprint density at radius 2 is 2.33 bits per heavy atom. The van der Waals surface area contributed by atoms with Crippen molar-refractivity contribution in [1.29, 1.82) is 5.26 Å². The van der Waals surface area contributed by atoms with Crippen molar-refractivity contribution in [2.24, 2.45) is 0 Å². The number of nitrogens with zero attached hydrogens (tertiary/aromatic N) is 3. The molecule has 0 amide bonds. The molecule has 0 aliphatic rings. The summed E-state index contributed by atoms with van der Waals surface area (Å²) in [5.74, 6) is 0.655. The topological polar surface area (TPSA) is 49.1 Å². The maximum atomic E-state index is 8.99. The average Bonchev–Trinajstić information content (AvgIpc) is 2.40. The van der Waals surface area contributed by atoms with Crippen molar-refractivity contribution in [2.75, 3.05) is 25.2 Å². The van der Waals surface area contributed by atoms with Crippen LogP contribution in [0.15, 0.2) is 12.3 Å². The standard InChI is InChI=1S/C13H18ClN3O/c1-4-10(2)17(7-8-18-3)13-12(14)11(9-15)5-6-16-13/h5-6,10H,4,7-8H2,1-3H3. The summed E-state index contributed by atoms with van der Waals surface area (Å²) in [5.41, 5.74) is 0.451. The second-order valence-electron chi connectivity index (χ2n) is 4.05. The number of nitriles is 1. The first-order chi connectivity index (χ1) is 8.65. The van der Waals surface area contributed by atoms with E-state index < -0.39 is 0 Å². The monoisotopic (exact) mass is 267 g/mol. The summed E-state index contributed by atoms with van der Waals surface area (Å²) in [7, 11) is 1.66. The van der Waals surface area contributed by atoms with Gasteiger partial charge in [0.25, 0.3) is 0 Å². The quantitative estimate of drug-likeness (QED) is 0.795. The van der Waals surface area contributed by atoms with Gasteiger partial charge in [0.15, 0.2) is 0 Å². The third-order valence-corrected chi connectivity index (χ3v) is 3.30. The third kappa shape index (κ3) is 3.34. The number of hydrogen-bond donors (Lipinski definition) is 0. The number of hydrogen-bond acceptors (Lipinski definition) is 4. The second-order valence-corrected chi connectivity index (χ2v) is 4.43. The summed E-state index contributed by atoms with van der Waals surface area (Å²) in [6.45, 7) is 5.51. The fourth-order valence-electron chi connectivity index (χ4n) is 1.66. The molecule has 0 spiro atoms. The lowest BCUT2D eigenvalue weighted by atomic mass is 10.2. The van der Waals surface area contributed by atoms with Gasteiger partial charge in [-0.2, -0.15) is 5.26 Å². The predicted molar refractivity (Wildman–Crippen MR) is 72.9 cm³/mol. The van der Waals surface area contributed by atoms with Gasteiger partial charge < -0.3 is 9.64 Å². The number of ether oxygens (including phenoxy) is 1.